The molecule has 1 fully saturated rings. The molecule has 1 amide bonds. The first kappa shape index (κ1) is 52.0. The Bertz CT molecular complexity index is 1410. The number of hydroxylamine groups is 2. The van der Waals surface area contributed by atoms with Gasteiger partial charge < -0.3 is 37.7 Å². The molecule has 0 saturated carbocycles. The second-order valence-corrected chi connectivity index (χ2v) is 35.5. The fraction of sp³-hybridized carbons (Fsp3) is 0.837. The van der Waals surface area contributed by atoms with E-state index in [4.69, 9.17) is 32.3 Å². The van der Waals surface area contributed by atoms with Crippen molar-refractivity contribution < 1.29 is 47.3 Å². The number of benzene rings is 1. The summed E-state index contributed by atoms with van der Waals surface area (Å²) in [7, 11) is -2.66. The monoisotopic (exact) mass is 858 g/mol. The molecule has 1 aliphatic heterocycles. The van der Waals surface area contributed by atoms with Gasteiger partial charge in [0, 0.05) is 38.0 Å². The molecule has 2 rings (SSSR count). The molecular weight excluding hydrogens is 775 g/mol. The van der Waals surface area contributed by atoms with Crippen LogP contribution >= 0.6 is 0 Å². The Labute approximate surface area is 350 Å². The Morgan fingerprint density at radius 3 is 1.72 bits per heavy atom. The van der Waals surface area contributed by atoms with Crippen LogP contribution in [-0.4, -0.2) is 117 Å². The van der Waals surface area contributed by atoms with Gasteiger partial charge in [0.25, 0.3) is 0 Å². The number of methoxy groups -OCH3 is 1. The van der Waals surface area contributed by atoms with E-state index in [0.717, 1.165) is 16.4 Å². The third-order valence-electron chi connectivity index (χ3n) is 13.7. The van der Waals surface area contributed by atoms with Crippen LogP contribution in [0.1, 0.15) is 88.1 Å². The SMILES string of the molecule is COc1ccc(COC[C@H](C)[C@H]2O[C@]2(C)[C@@H](O[Si](C)(C)C(C)(C)C)[C@@H](CO[Si](C)(C)C(C)(C)C)[C@H](O)[C@H](CO[Si](C)(C)C(C)(C)C)[C@@H](O)CC(=O)N(C)OC)cc1. The number of epoxide rings is 1. The minimum absolute atomic E-state index is 0.00312. The normalized spacial score (nSPS) is 21.7. The van der Waals surface area contributed by atoms with Gasteiger partial charge in [-0.15, -0.1) is 0 Å². The van der Waals surface area contributed by atoms with E-state index in [9.17, 15) is 15.0 Å². The fourth-order valence-electron chi connectivity index (χ4n) is 6.17. The maximum atomic E-state index is 13.2. The quantitative estimate of drug-likeness (QED) is 0.0664. The second kappa shape index (κ2) is 19.7. The molecule has 1 aromatic carbocycles. The minimum Gasteiger partial charge on any atom is -0.497 e. The molecule has 0 radical (unpaired) electrons. The van der Waals surface area contributed by atoms with Crippen molar-refractivity contribution in [2.24, 2.45) is 17.8 Å². The molecule has 0 aliphatic carbocycles. The minimum atomic E-state index is -2.52. The molecule has 1 aliphatic rings. The van der Waals surface area contributed by atoms with Crippen LogP contribution in [0.5, 0.6) is 5.75 Å². The number of ether oxygens (including phenoxy) is 3. The first-order valence-electron chi connectivity index (χ1n) is 20.8. The van der Waals surface area contributed by atoms with E-state index in [-0.39, 0.29) is 46.8 Å². The highest BCUT2D eigenvalue weighted by molar-refractivity contribution is 6.75. The molecule has 11 nitrogen and oxygen atoms in total. The first-order valence-corrected chi connectivity index (χ1v) is 29.5. The van der Waals surface area contributed by atoms with E-state index >= 15 is 0 Å². The van der Waals surface area contributed by atoms with Crippen LogP contribution in [0.15, 0.2) is 24.3 Å². The van der Waals surface area contributed by atoms with Gasteiger partial charge in [-0.3, -0.25) is 9.63 Å². The van der Waals surface area contributed by atoms with Crippen molar-refractivity contribution in [1.29, 1.82) is 0 Å². The number of hydrogen-bond donors (Lipinski definition) is 2. The highest BCUT2D eigenvalue weighted by Gasteiger charge is 2.65. The van der Waals surface area contributed by atoms with E-state index in [2.05, 4.69) is 115 Å². The zero-order valence-electron chi connectivity index (χ0n) is 39.5. The molecule has 1 saturated heterocycles. The average Bonchev–Trinajstić information content (AvgIpc) is 3.78. The first-order chi connectivity index (χ1) is 25.8. The molecular formula is C43H83NO10Si3. The number of rotatable bonds is 22. The Balaban J connectivity index is 2.68. The number of nitrogens with zero attached hydrogens (tertiary/aromatic N) is 1. The molecule has 8 atom stereocenters. The summed E-state index contributed by atoms with van der Waals surface area (Å²) < 4.78 is 39.5. The summed E-state index contributed by atoms with van der Waals surface area (Å²) in [4.78, 5) is 18.4. The molecule has 0 unspecified atom stereocenters. The van der Waals surface area contributed by atoms with E-state index in [1.165, 1.54) is 14.2 Å². The highest BCUT2D eigenvalue weighted by Crippen LogP contribution is 2.52. The van der Waals surface area contributed by atoms with Crippen molar-refractivity contribution in [2.75, 3.05) is 41.1 Å². The number of aliphatic hydroxyl groups is 2. The molecule has 0 spiro atoms. The summed E-state index contributed by atoms with van der Waals surface area (Å²) in [5.74, 6) is -1.10. The highest BCUT2D eigenvalue weighted by atomic mass is 28.4. The van der Waals surface area contributed by atoms with Crippen molar-refractivity contribution in [1.82, 2.24) is 5.06 Å². The zero-order chi connectivity index (χ0) is 44.2. The van der Waals surface area contributed by atoms with Crippen molar-refractivity contribution >= 4 is 30.9 Å². The number of carbonyl (C=O) groups is 1. The third kappa shape index (κ3) is 13.7. The van der Waals surface area contributed by atoms with Gasteiger partial charge in [0.15, 0.2) is 25.0 Å². The third-order valence-corrected chi connectivity index (χ3v) is 27.1. The number of hydrogen-bond acceptors (Lipinski definition) is 10. The van der Waals surface area contributed by atoms with Crippen molar-refractivity contribution in [3.05, 3.63) is 29.8 Å². The Morgan fingerprint density at radius 2 is 1.28 bits per heavy atom. The summed E-state index contributed by atoms with van der Waals surface area (Å²) >= 11 is 0. The van der Waals surface area contributed by atoms with Crippen LogP contribution in [-0.2, 0) is 39.0 Å². The molecule has 332 valence electrons. The standard InChI is InChI=1S/C43H83NO10Si3/c1-30(26-50-27-31-21-23-32(48-13)24-22-31)38-43(11,53-38)39(54-57(19,20)42(8,9)10)34(29-52-56(17,18)41(5,6)7)37(47)33(28-51-55(15,16)40(2,3)4)35(45)25-36(46)44(12)49-14/h21-24,30,33-35,37-39,45,47H,25-29H2,1-20H3/t30-,33+,34-,35-,37+,38+,39-,43-/m0/s1. The van der Waals surface area contributed by atoms with Gasteiger partial charge in [0.05, 0.1) is 58.3 Å². The molecule has 1 aromatic rings. The van der Waals surface area contributed by atoms with Crippen LogP contribution in [0.4, 0.5) is 0 Å². The summed E-state index contributed by atoms with van der Waals surface area (Å²) in [5.41, 5.74) is 0.246. The lowest BCUT2D eigenvalue weighted by Gasteiger charge is -2.47. The fourth-order valence-corrected chi connectivity index (χ4v) is 9.65. The lowest BCUT2D eigenvalue weighted by atomic mass is 9.78. The smallest absolute Gasteiger partial charge is 0.248 e. The zero-order valence-corrected chi connectivity index (χ0v) is 42.5. The molecule has 0 aromatic heterocycles. The van der Waals surface area contributed by atoms with Crippen LogP contribution in [0, 0.1) is 17.8 Å². The average molecular weight is 858 g/mol. The summed E-state index contributed by atoms with van der Waals surface area (Å²) in [6.07, 6.45) is -3.53. The lowest BCUT2D eigenvalue weighted by molar-refractivity contribution is -0.173. The predicted molar refractivity (Wildman–Crippen MR) is 237 cm³/mol. The van der Waals surface area contributed by atoms with E-state index in [1.54, 1.807) is 7.11 Å². The van der Waals surface area contributed by atoms with Gasteiger partial charge in [-0.05, 0) is 79.0 Å². The summed E-state index contributed by atoms with van der Waals surface area (Å²) in [6, 6.07) is 7.85. The molecule has 0 bridgehead atoms. The van der Waals surface area contributed by atoms with Gasteiger partial charge in [-0.25, -0.2) is 5.06 Å². The van der Waals surface area contributed by atoms with Crippen molar-refractivity contribution in [2.45, 2.75) is 174 Å². The van der Waals surface area contributed by atoms with Crippen LogP contribution in [0.25, 0.3) is 0 Å². The van der Waals surface area contributed by atoms with Gasteiger partial charge in [-0.1, -0.05) is 81.4 Å². The lowest BCUT2D eigenvalue weighted by Crippen LogP contribution is -2.58. The molecule has 1 heterocycles. The molecule has 2 N–H and O–H groups in total. The maximum absolute atomic E-state index is 13.2. The largest absolute Gasteiger partial charge is 0.497 e. The molecule has 57 heavy (non-hydrogen) atoms. The molecule has 14 heteroatoms. The van der Waals surface area contributed by atoms with Gasteiger partial charge in [-0.2, -0.15) is 0 Å². The van der Waals surface area contributed by atoms with Gasteiger partial charge in [0.1, 0.15) is 11.4 Å². The van der Waals surface area contributed by atoms with Crippen LogP contribution in [0.2, 0.25) is 54.4 Å². The Morgan fingerprint density at radius 1 is 0.807 bits per heavy atom. The Hall–Kier alpha value is -1.18. The second-order valence-electron chi connectivity index (χ2n) is 21.2. The predicted octanol–water partition coefficient (Wildman–Crippen LogP) is 8.80. The van der Waals surface area contributed by atoms with E-state index in [0.29, 0.717) is 13.2 Å². The summed E-state index contributed by atoms with van der Waals surface area (Å²) in [5, 5.41) is 25.6. The maximum Gasteiger partial charge on any atom is 0.248 e. The van der Waals surface area contributed by atoms with Crippen molar-refractivity contribution in [3.63, 3.8) is 0 Å². The van der Waals surface area contributed by atoms with E-state index in [1.807, 2.05) is 24.3 Å². The topological polar surface area (TPSA) is 129 Å². The van der Waals surface area contributed by atoms with Crippen molar-refractivity contribution in [3.8, 4) is 5.75 Å². The van der Waals surface area contributed by atoms with E-state index < -0.39 is 66.6 Å². The van der Waals surface area contributed by atoms with Gasteiger partial charge >= 0.3 is 0 Å². The number of amides is 1. The Kier molecular flexibility index (Phi) is 17.9. The number of aliphatic hydroxyl groups excluding tert-OH is 2. The van der Waals surface area contributed by atoms with Gasteiger partial charge in [0.2, 0.25) is 5.91 Å². The van der Waals surface area contributed by atoms with Crippen LogP contribution in [0.3, 0.4) is 0 Å². The summed E-state index contributed by atoms with van der Waals surface area (Å²) in [6.45, 7) is 38.2. The number of carbonyl (C=O) groups excluding carboxylic acids is 1. The van der Waals surface area contributed by atoms with Crippen LogP contribution < -0.4 is 4.74 Å².